The summed E-state index contributed by atoms with van der Waals surface area (Å²) >= 11 is 0. The Morgan fingerprint density at radius 1 is 0.285 bits per heavy atom. The van der Waals surface area contributed by atoms with Gasteiger partial charge in [-0.3, -0.25) is 24.0 Å². The number of rotatable bonds is 30. The summed E-state index contributed by atoms with van der Waals surface area (Å²) in [6.45, 7) is 5.63. The molecule has 5 aliphatic heterocycles. The number of likely N-dealkylation sites (tertiary alicyclic amines) is 5. The van der Waals surface area contributed by atoms with Gasteiger partial charge in [-0.05, 0) is 152 Å². The molecule has 5 saturated heterocycles. The molecule has 10 aromatic carbocycles. The summed E-state index contributed by atoms with van der Waals surface area (Å²) in [7, 11) is 0. The third-order valence-electron chi connectivity index (χ3n) is 22.8. The lowest BCUT2D eigenvalue weighted by Gasteiger charge is -2.39. The Balaban J connectivity index is 0.000000197. The lowest BCUT2D eigenvalue weighted by molar-refractivity contribution is -0.119. The predicted octanol–water partition coefficient (Wildman–Crippen LogP) is 18.1. The van der Waals surface area contributed by atoms with Crippen molar-refractivity contribution in [3.05, 3.63) is 331 Å². The average Bonchev–Trinajstić information content (AvgIpc) is 0.741. The number of amides is 5. The number of aliphatic hydroxyl groups excluding tert-OH is 2. The Labute approximate surface area is 826 Å². The molecule has 15 rings (SSSR count). The summed E-state index contributed by atoms with van der Waals surface area (Å²) in [5, 5.41) is 53.2. The van der Waals surface area contributed by atoms with Crippen LogP contribution in [0.5, 0.6) is 0 Å². The van der Waals surface area contributed by atoms with Crippen LogP contribution < -0.4 is 24.5 Å². The molecule has 0 bridgehead atoms. The fourth-order valence-electron chi connectivity index (χ4n) is 16.0. The van der Waals surface area contributed by atoms with E-state index < -0.39 is 255 Å². The van der Waals surface area contributed by atoms with E-state index in [1.165, 1.54) is 31.7 Å². The summed E-state index contributed by atoms with van der Waals surface area (Å²) in [6.07, 6.45) is -11.8. The van der Waals surface area contributed by atoms with E-state index in [0.717, 1.165) is 41.0 Å². The van der Waals surface area contributed by atoms with Gasteiger partial charge in [0.05, 0.1) is 68.8 Å². The molecule has 10 aromatic rings. The average molecular weight is 1800 g/mol. The second-order valence-electron chi connectivity index (χ2n) is 31.2. The number of benzene rings is 10. The van der Waals surface area contributed by atoms with Gasteiger partial charge in [-0.25, -0.2) is 0 Å². The van der Waals surface area contributed by atoms with Crippen LogP contribution in [0.2, 0.25) is 0 Å². The van der Waals surface area contributed by atoms with Crippen LogP contribution in [0, 0.1) is 0 Å². The third kappa shape index (κ3) is 30.1. The van der Waals surface area contributed by atoms with Crippen LogP contribution in [0.3, 0.4) is 0 Å². The number of carbonyl (C=O) groups excluding carboxylic acids is 5. The van der Waals surface area contributed by atoms with Crippen molar-refractivity contribution in [2.75, 3.05) is 123 Å². The highest BCUT2D eigenvalue weighted by Crippen LogP contribution is 2.33. The van der Waals surface area contributed by atoms with Crippen molar-refractivity contribution in [2.45, 2.75) is 191 Å². The number of hydrogen-bond donors (Lipinski definition) is 5. The van der Waals surface area contributed by atoms with Crippen molar-refractivity contribution < 1.29 is 102 Å². The van der Waals surface area contributed by atoms with Crippen LogP contribution in [0.25, 0.3) is 0 Å². The molecule has 0 aromatic heterocycles. The predicted molar refractivity (Wildman–Crippen MR) is 525 cm³/mol. The van der Waals surface area contributed by atoms with E-state index in [4.69, 9.17) is 52.1 Å². The number of anilines is 5. The van der Waals surface area contributed by atoms with E-state index in [-0.39, 0.29) is 130 Å². The van der Waals surface area contributed by atoms with Gasteiger partial charge < -0.3 is 74.5 Å². The van der Waals surface area contributed by atoms with Crippen molar-refractivity contribution in [1.82, 2.24) is 24.5 Å². The molecule has 0 spiro atoms. The minimum atomic E-state index is -2.53. The zero-order valence-electron chi connectivity index (χ0n) is 112. The van der Waals surface area contributed by atoms with Crippen LogP contribution >= 0.6 is 0 Å². The van der Waals surface area contributed by atoms with Crippen LogP contribution in [0.1, 0.15) is 241 Å². The first kappa shape index (κ1) is 59.5. The molecule has 5 atom stereocenters. The second kappa shape index (κ2) is 53.5. The number of piperidine rings is 5. The Morgan fingerprint density at radius 3 is 0.738 bits per heavy atom. The van der Waals surface area contributed by atoms with Gasteiger partial charge in [-0.1, -0.05) is 277 Å². The topological polar surface area (TPSA) is 219 Å². The molecule has 5 N–H and O–H groups in total. The van der Waals surface area contributed by atoms with Crippen molar-refractivity contribution in [3.63, 3.8) is 0 Å². The standard InChI is InChI=1S/5C22H28N2O2/c5*1-2-22(26)24(19-11-7-4-8-12-19)20-13-15-23(16-14-20)17-21(25)18-9-5-3-6-10-18/h5*3-12,20-21,25H,2,13-17H2,1H3/i4D,7D,8D,11D,12D,17D2,21D;2D2,4D,7D,8D,11D,12D,21D;2D2,4D,7D,8D,11D,12D,17D2;4D,7D,8D,11D,12D,21D;2D2,4D,7D,8D,11D,12D. The van der Waals surface area contributed by atoms with Crippen molar-refractivity contribution in [3.8, 4) is 0 Å². The van der Waals surface area contributed by atoms with Crippen molar-refractivity contribution >= 4 is 58.0 Å². The summed E-state index contributed by atoms with van der Waals surface area (Å²) in [6, 6.07) is 26.8. The molecule has 5 amide bonds. The molecular formula is C110H140N10O10. The molecule has 5 fully saturated rings. The fourth-order valence-corrected chi connectivity index (χ4v) is 16.0. The molecule has 130 heavy (non-hydrogen) atoms. The van der Waals surface area contributed by atoms with Crippen LogP contribution in [0.4, 0.5) is 28.4 Å². The molecule has 5 aliphatic rings. The van der Waals surface area contributed by atoms with Crippen LogP contribution in [0.15, 0.2) is 303 Å². The number of carbonyl (C=O) groups is 5. The molecular weight excluding hydrogens is 1620 g/mol. The second-order valence-corrected chi connectivity index (χ2v) is 31.2. The van der Waals surface area contributed by atoms with Gasteiger partial charge in [0.1, 0.15) is 0 Å². The zero-order valence-corrected chi connectivity index (χ0v) is 73.9. The van der Waals surface area contributed by atoms with Gasteiger partial charge in [0.2, 0.25) is 29.5 Å². The highest BCUT2D eigenvalue weighted by Gasteiger charge is 2.36. The molecule has 5 heterocycles. The highest BCUT2D eigenvalue weighted by molar-refractivity contribution is 5.96. The Bertz CT molecular complexity index is 6970. The van der Waals surface area contributed by atoms with Gasteiger partial charge in [-0.2, -0.15) is 0 Å². The Morgan fingerprint density at radius 2 is 0.492 bits per heavy atom. The minimum absolute atomic E-state index is 0.0287. The van der Waals surface area contributed by atoms with Crippen LogP contribution in [-0.4, -0.2) is 208 Å². The molecule has 20 heteroatoms. The normalized spacial score (nSPS) is 22.4. The van der Waals surface area contributed by atoms with Crippen molar-refractivity contribution in [2.24, 2.45) is 0 Å². The lowest BCUT2D eigenvalue weighted by atomic mass is 10.0. The van der Waals surface area contributed by atoms with Gasteiger partial charge in [0.25, 0.3) is 0 Å². The first-order valence-corrected chi connectivity index (χ1v) is 43.8. The van der Waals surface area contributed by atoms with E-state index in [1.807, 2.05) is 51.1 Å². The maximum Gasteiger partial charge on any atom is 0.226 e. The van der Waals surface area contributed by atoms with E-state index in [9.17, 15) is 49.5 Å². The summed E-state index contributed by atoms with van der Waals surface area (Å²) in [5.74, 6) is -3.67. The largest absolute Gasteiger partial charge is 0.387 e. The smallest absolute Gasteiger partial charge is 0.226 e. The maximum atomic E-state index is 13.1. The fraction of sp³-hybridized carbons (Fsp3) is 0.409. The zero-order chi connectivity index (χ0) is 125. The monoisotopic (exact) mass is 1800 g/mol. The SMILES string of the molecule is [2H]c1c([2H])c([2H])c(N(C(=O)C([2H])([2H])C)C2CCN(C([2H])([2H])C(O)c3ccccc3)CC2)c([2H])c1[2H].[2H]c1c([2H])c([2H])c(N(C(=O)C([2H])([2H])C)C2CCN(CC(O)c3ccccc3)CC2)c([2H])c1[2H].[2H]c1c([2H])c([2H])c(N(C(=O)C([2H])([2H])C)C2CCN(CC([2H])(O)c3ccccc3)CC2)c([2H])c1[2H].[2H]c1c([2H])c([2H])c(N(C(=O)CC)C2CCN(C([2H])([2H])C([2H])(O)c3ccccc3)CC2)c([2H])c1[2H].[2H]c1c([2H])c([2H])c(N(C(=O)CC)C2CCN(CC([2H])(O)c3ccccc3)CC2)c([2H])c1[2H]. The molecule has 20 nitrogen and oxygen atoms in total. The molecule has 0 aliphatic carbocycles. The van der Waals surface area contributed by atoms with E-state index >= 15 is 0 Å². The lowest BCUT2D eigenvalue weighted by Crippen LogP contribution is -2.48. The van der Waals surface area contributed by atoms with E-state index in [2.05, 4.69) is 0 Å². The number of nitrogens with zero attached hydrogens (tertiary/aromatic N) is 10. The molecule has 0 saturated carbocycles. The first-order chi connectivity index (χ1) is 78.3. The van der Waals surface area contributed by atoms with Crippen LogP contribution in [-0.2, 0) is 24.0 Å². The minimum Gasteiger partial charge on any atom is -0.387 e. The number of aliphatic hydroxyl groups is 5. The first-order valence-electron chi connectivity index (χ1n) is 62.8. The number of hydrogen-bond acceptors (Lipinski definition) is 15. The quantitative estimate of drug-likeness (QED) is 0.0283. The summed E-state index contributed by atoms with van der Waals surface area (Å²) in [5.41, 5.74) is 1.01. The van der Waals surface area contributed by atoms with E-state index in [0.29, 0.717) is 101 Å². The number of para-hydroxylation sites is 5. The van der Waals surface area contributed by atoms with E-state index in [1.54, 1.807) is 117 Å². The third-order valence-corrected chi connectivity index (χ3v) is 22.8. The van der Waals surface area contributed by atoms with Gasteiger partial charge in [0.15, 0.2) is 0 Å². The van der Waals surface area contributed by atoms with Gasteiger partial charge in [-0.15, -0.1) is 0 Å². The highest BCUT2D eigenvalue weighted by atomic mass is 16.3. The summed E-state index contributed by atoms with van der Waals surface area (Å²) < 4.78 is 308. The van der Waals surface area contributed by atoms with Gasteiger partial charge in [0, 0.05) is 202 Å². The van der Waals surface area contributed by atoms with Gasteiger partial charge >= 0.3 is 0 Å². The Kier molecular flexibility index (Phi) is 24.5. The van der Waals surface area contributed by atoms with Crippen molar-refractivity contribution in [1.29, 1.82) is 0 Å². The Hall–Kier alpha value is -10.9. The maximum absolute atomic E-state index is 13.1. The molecule has 5 unspecified atom stereocenters. The number of β-amino-alcohol motifs (C(OH)–C–C–N with tert-alkyl or cyclic N) is 5. The summed E-state index contributed by atoms with van der Waals surface area (Å²) in [4.78, 5) is 79.3. The molecule has 0 radical (unpaired) electrons. The molecule has 690 valence electrons.